The van der Waals surface area contributed by atoms with Crippen LogP contribution in [0.4, 0.5) is 0 Å². The topological polar surface area (TPSA) is 88.4 Å². The van der Waals surface area contributed by atoms with Gasteiger partial charge in [0.25, 0.3) is 5.91 Å². The second-order valence-corrected chi connectivity index (χ2v) is 7.43. The number of esters is 1. The Hall–Kier alpha value is -3.33. The van der Waals surface area contributed by atoms with Crippen LogP contribution in [-0.4, -0.2) is 42.9 Å². The molecular weight excluding hydrogens is 408 g/mol. The van der Waals surface area contributed by atoms with E-state index >= 15 is 0 Å². The molecule has 1 aromatic heterocycles. The Kier molecular flexibility index (Phi) is 5.71. The van der Waals surface area contributed by atoms with Crippen molar-refractivity contribution in [1.82, 2.24) is 4.57 Å². The van der Waals surface area contributed by atoms with Crippen LogP contribution in [0.3, 0.4) is 0 Å². The lowest BCUT2D eigenvalue weighted by Crippen LogP contribution is -2.37. The maximum Gasteiger partial charge on any atom is 0.326 e. The highest BCUT2D eigenvalue weighted by Crippen LogP contribution is 2.31. The first-order chi connectivity index (χ1) is 14.6. The minimum Gasteiger partial charge on any atom is -0.497 e. The molecule has 2 aromatic carbocycles. The number of hydrogen-bond acceptors (Lipinski definition) is 7. The molecule has 0 bridgehead atoms. The average molecular weight is 428 g/mol. The first-order valence-electron chi connectivity index (χ1n) is 9.39. The lowest BCUT2D eigenvalue weighted by Gasteiger charge is -2.23. The molecule has 0 fully saturated rings. The minimum atomic E-state index is -0.865. The first kappa shape index (κ1) is 20.0. The van der Waals surface area contributed by atoms with E-state index in [0.29, 0.717) is 22.0 Å². The summed E-state index contributed by atoms with van der Waals surface area (Å²) in [7, 11) is 1.58. The summed E-state index contributed by atoms with van der Waals surface area (Å²) in [5, 5.41) is 0. The van der Waals surface area contributed by atoms with Crippen LogP contribution >= 0.6 is 11.3 Å². The summed E-state index contributed by atoms with van der Waals surface area (Å²) in [4.78, 5) is 29.6. The van der Waals surface area contributed by atoms with Crippen LogP contribution in [-0.2, 0) is 20.9 Å². The normalized spacial score (nSPS) is 15.8. The van der Waals surface area contributed by atoms with Crippen molar-refractivity contribution in [3.63, 3.8) is 0 Å². The molecule has 8 nitrogen and oxygen atoms in total. The van der Waals surface area contributed by atoms with Crippen LogP contribution in [0.25, 0.3) is 10.2 Å². The van der Waals surface area contributed by atoms with E-state index in [-0.39, 0.29) is 19.8 Å². The molecule has 1 atom stereocenters. The highest BCUT2D eigenvalue weighted by Gasteiger charge is 2.27. The Bertz CT molecular complexity index is 1170. The van der Waals surface area contributed by atoms with E-state index in [0.717, 1.165) is 10.2 Å². The largest absolute Gasteiger partial charge is 0.497 e. The maximum absolute atomic E-state index is 12.8. The quantitative estimate of drug-likeness (QED) is 0.581. The molecule has 9 heteroatoms. The second kappa shape index (κ2) is 8.58. The standard InChI is InChI=1S/C21H20N2O6S/c1-3-27-19(24)11-23-14-9-8-13(26-2)10-18(14)30-21(23)22-20(25)17-12-28-15-6-4-5-7-16(15)29-17/h4-10,17H,3,11-12H2,1-2H3. The minimum absolute atomic E-state index is 0.0584. The number of hydrogen-bond donors (Lipinski definition) is 0. The fourth-order valence-corrected chi connectivity index (χ4v) is 4.13. The van der Waals surface area contributed by atoms with Gasteiger partial charge in [0.1, 0.15) is 18.9 Å². The van der Waals surface area contributed by atoms with Crippen LogP contribution in [0, 0.1) is 0 Å². The number of carbonyl (C=O) groups is 2. The molecule has 0 saturated heterocycles. The highest BCUT2D eigenvalue weighted by atomic mass is 32.1. The lowest BCUT2D eigenvalue weighted by atomic mass is 10.2. The van der Waals surface area contributed by atoms with E-state index in [1.807, 2.05) is 18.2 Å². The highest BCUT2D eigenvalue weighted by molar-refractivity contribution is 7.16. The van der Waals surface area contributed by atoms with Crippen molar-refractivity contribution in [2.45, 2.75) is 19.6 Å². The Morgan fingerprint density at radius 2 is 2.03 bits per heavy atom. The molecule has 0 aliphatic carbocycles. The Labute approximate surface area is 176 Å². The number of carbonyl (C=O) groups excluding carboxylic acids is 2. The van der Waals surface area contributed by atoms with Gasteiger partial charge in [-0.15, -0.1) is 0 Å². The number of nitrogens with zero attached hydrogens (tertiary/aromatic N) is 2. The molecule has 0 spiro atoms. The fourth-order valence-electron chi connectivity index (χ4n) is 3.06. The van der Waals surface area contributed by atoms with Gasteiger partial charge in [-0.05, 0) is 37.3 Å². The third kappa shape index (κ3) is 4.02. The number of ether oxygens (including phenoxy) is 4. The zero-order chi connectivity index (χ0) is 21.1. The number of methoxy groups -OCH3 is 1. The van der Waals surface area contributed by atoms with Gasteiger partial charge < -0.3 is 23.5 Å². The number of thiazole rings is 1. The molecule has 0 saturated carbocycles. The average Bonchev–Trinajstić information content (AvgIpc) is 3.09. The predicted molar refractivity (Wildman–Crippen MR) is 110 cm³/mol. The molecule has 4 rings (SSSR count). The third-order valence-corrected chi connectivity index (χ3v) is 5.51. The van der Waals surface area contributed by atoms with E-state index in [1.165, 1.54) is 11.3 Å². The zero-order valence-electron chi connectivity index (χ0n) is 16.5. The number of rotatable bonds is 5. The lowest BCUT2D eigenvalue weighted by molar-refractivity contribution is -0.143. The van der Waals surface area contributed by atoms with Gasteiger partial charge in [0.05, 0.1) is 23.9 Å². The summed E-state index contributed by atoms with van der Waals surface area (Å²) >= 11 is 1.28. The van der Waals surface area contributed by atoms with Crippen LogP contribution < -0.4 is 19.0 Å². The molecule has 0 radical (unpaired) electrons. The Balaban J connectivity index is 1.70. The van der Waals surface area contributed by atoms with Crippen LogP contribution in [0.15, 0.2) is 47.5 Å². The van der Waals surface area contributed by atoms with Gasteiger partial charge in [-0.1, -0.05) is 23.5 Å². The van der Waals surface area contributed by atoms with Crippen molar-refractivity contribution in [1.29, 1.82) is 0 Å². The molecule has 3 aromatic rings. The SMILES string of the molecule is CCOC(=O)Cn1c(=NC(=O)C2COc3ccccc3O2)sc2cc(OC)ccc21. The maximum atomic E-state index is 12.8. The molecule has 1 aliphatic rings. The van der Waals surface area contributed by atoms with Gasteiger partial charge >= 0.3 is 5.97 Å². The van der Waals surface area contributed by atoms with Crippen molar-refractivity contribution < 1.29 is 28.5 Å². The van der Waals surface area contributed by atoms with Crippen LogP contribution in [0.5, 0.6) is 17.2 Å². The van der Waals surface area contributed by atoms with Crippen molar-refractivity contribution in [2.24, 2.45) is 4.99 Å². The summed E-state index contributed by atoms with van der Waals surface area (Å²) in [6, 6.07) is 12.6. The molecule has 0 N–H and O–H groups in total. The van der Waals surface area contributed by atoms with Gasteiger partial charge in [0.2, 0.25) is 6.10 Å². The van der Waals surface area contributed by atoms with Crippen molar-refractivity contribution in [3.05, 3.63) is 47.3 Å². The summed E-state index contributed by atoms with van der Waals surface area (Å²) in [6.45, 7) is 2.02. The van der Waals surface area contributed by atoms with E-state index in [9.17, 15) is 9.59 Å². The molecular formula is C21H20N2O6S. The molecule has 2 heterocycles. The first-order valence-corrected chi connectivity index (χ1v) is 10.2. The fraction of sp³-hybridized carbons (Fsp3) is 0.286. The van der Waals surface area contributed by atoms with Gasteiger partial charge in [-0.2, -0.15) is 4.99 Å². The molecule has 30 heavy (non-hydrogen) atoms. The van der Waals surface area contributed by atoms with Crippen molar-refractivity contribution >= 4 is 33.4 Å². The molecule has 1 aliphatic heterocycles. The number of para-hydroxylation sites is 2. The van der Waals surface area contributed by atoms with E-state index in [1.54, 1.807) is 42.9 Å². The van der Waals surface area contributed by atoms with Crippen LogP contribution in [0.2, 0.25) is 0 Å². The smallest absolute Gasteiger partial charge is 0.326 e. The number of amides is 1. The van der Waals surface area contributed by atoms with Crippen molar-refractivity contribution in [2.75, 3.05) is 20.3 Å². The summed E-state index contributed by atoms with van der Waals surface area (Å²) in [5.74, 6) is 0.866. The van der Waals surface area contributed by atoms with E-state index in [4.69, 9.17) is 18.9 Å². The molecule has 156 valence electrons. The second-order valence-electron chi connectivity index (χ2n) is 6.42. The van der Waals surface area contributed by atoms with Gasteiger partial charge in [0.15, 0.2) is 16.3 Å². The molecule has 1 amide bonds. The zero-order valence-corrected chi connectivity index (χ0v) is 17.3. The number of aromatic nitrogens is 1. The van der Waals surface area contributed by atoms with Crippen LogP contribution in [0.1, 0.15) is 6.92 Å². The third-order valence-electron chi connectivity index (χ3n) is 4.47. The summed E-state index contributed by atoms with van der Waals surface area (Å²) in [6.07, 6.45) is -0.865. The monoisotopic (exact) mass is 428 g/mol. The number of benzene rings is 2. The van der Waals surface area contributed by atoms with Gasteiger partial charge in [-0.25, -0.2) is 0 Å². The van der Waals surface area contributed by atoms with Crippen molar-refractivity contribution in [3.8, 4) is 17.2 Å². The van der Waals surface area contributed by atoms with E-state index < -0.39 is 18.0 Å². The predicted octanol–water partition coefficient (Wildman–Crippen LogP) is 2.54. The van der Waals surface area contributed by atoms with Gasteiger partial charge in [0, 0.05) is 0 Å². The summed E-state index contributed by atoms with van der Waals surface area (Å²) < 4.78 is 24.2. The molecule has 1 unspecified atom stereocenters. The number of fused-ring (bicyclic) bond motifs is 2. The van der Waals surface area contributed by atoms with E-state index in [2.05, 4.69) is 4.99 Å². The Morgan fingerprint density at radius 3 is 2.80 bits per heavy atom. The van der Waals surface area contributed by atoms with Gasteiger partial charge in [-0.3, -0.25) is 9.59 Å². The Morgan fingerprint density at radius 1 is 1.23 bits per heavy atom. The summed E-state index contributed by atoms with van der Waals surface area (Å²) in [5.41, 5.74) is 0.756.